The van der Waals surface area contributed by atoms with E-state index < -0.39 is 0 Å². The molecule has 1 heterocycles. The Labute approximate surface area is 95.1 Å². The Hall–Kier alpha value is -1.29. The number of nitrogens with one attached hydrogen (secondary N) is 2. The zero-order valence-corrected chi connectivity index (χ0v) is 9.28. The van der Waals surface area contributed by atoms with Crippen LogP contribution in [0, 0.1) is 11.8 Å². The first kappa shape index (κ1) is 11.2. The molecule has 3 N–H and O–H groups in total. The summed E-state index contributed by atoms with van der Waals surface area (Å²) in [4.78, 5) is 14.8. The van der Waals surface area contributed by atoms with Gasteiger partial charge >= 0.3 is 0 Å². The maximum atomic E-state index is 11.9. The number of aliphatic hydroxyl groups is 1. The van der Waals surface area contributed by atoms with Crippen LogP contribution in [0.2, 0.25) is 0 Å². The molecule has 88 valence electrons. The second-order valence-electron chi connectivity index (χ2n) is 4.47. The maximum absolute atomic E-state index is 11.9. The average Bonchev–Trinajstić information content (AvgIpc) is 2.82. The van der Waals surface area contributed by atoms with Crippen LogP contribution in [0.3, 0.4) is 0 Å². The first-order chi connectivity index (χ1) is 7.79. The van der Waals surface area contributed by atoms with Gasteiger partial charge in [0, 0.05) is 18.7 Å². The Bertz CT molecular complexity index is 327. The molecule has 2 rings (SSSR count). The number of carbonyl (C=O) groups excluding carboxylic acids is 1. The zero-order valence-electron chi connectivity index (χ0n) is 9.28. The Kier molecular flexibility index (Phi) is 3.62. The molecule has 1 aromatic rings. The van der Waals surface area contributed by atoms with Crippen molar-refractivity contribution in [3.05, 3.63) is 18.3 Å². The van der Waals surface area contributed by atoms with Crippen LogP contribution in [0.25, 0.3) is 0 Å². The number of hydrogen-bond donors (Lipinski definition) is 3. The largest absolute Gasteiger partial charge is 0.396 e. The summed E-state index contributed by atoms with van der Waals surface area (Å²) < 4.78 is 0. The fourth-order valence-electron chi connectivity index (χ4n) is 2.25. The van der Waals surface area contributed by atoms with Crippen LogP contribution in [0.15, 0.2) is 18.3 Å². The molecule has 1 saturated carbocycles. The second kappa shape index (κ2) is 5.16. The molecule has 1 amide bonds. The highest BCUT2D eigenvalue weighted by Gasteiger charge is 2.25. The summed E-state index contributed by atoms with van der Waals surface area (Å²) in [5, 5.41) is 11.9. The highest BCUT2D eigenvalue weighted by Crippen LogP contribution is 2.29. The SMILES string of the molecule is O=C(Nc1ccc[nH]1)C1CCC(CO)CC1. The van der Waals surface area contributed by atoms with E-state index in [0.717, 1.165) is 31.5 Å². The summed E-state index contributed by atoms with van der Waals surface area (Å²) in [5.41, 5.74) is 0. The minimum Gasteiger partial charge on any atom is -0.396 e. The number of amides is 1. The van der Waals surface area contributed by atoms with Crippen LogP contribution < -0.4 is 5.32 Å². The Balaban J connectivity index is 1.82. The lowest BCUT2D eigenvalue weighted by molar-refractivity contribution is -0.121. The number of rotatable bonds is 3. The first-order valence-electron chi connectivity index (χ1n) is 5.84. The van der Waals surface area contributed by atoms with Crippen LogP contribution in [0.5, 0.6) is 0 Å². The van der Waals surface area contributed by atoms with Crippen molar-refractivity contribution in [1.29, 1.82) is 0 Å². The predicted molar refractivity (Wildman–Crippen MR) is 62.0 cm³/mol. The van der Waals surface area contributed by atoms with E-state index in [9.17, 15) is 4.79 Å². The minimum absolute atomic E-state index is 0.0961. The third-order valence-corrected chi connectivity index (χ3v) is 3.33. The van der Waals surface area contributed by atoms with E-state index in [4.69, 9.17) is 5.11 Å². The average molecular weight is 222 g/mol. The van der Waals surface area contributed by atoms with Gasteiger partial charge in [-0.1, -0.05) is 0 Å². The van der Waals surface area contributed by atoms with Crippen LogP contribution in [-0.4, -0.2) is 22.6 Å². The Morgan fingerprint density at radius 1 is 1.44 bits per heavy atom. The van der Waals surface area contributed by atoms with Crippen molar-refractivity contribution in [2.45, 2.75) is 25.7 Å². The van der Waals surface area contributed by atoms with Gasteiger partial charge in [0.25, 0.3) is 0 Å². The molecule has 0 unspecified atom stereocenters. The van der Waals surface area contributed by atoms with Crippen LogP contribution in [0.4, 0.5) is 5.82 Å². The van der Waals surface area contributed by atoms with Crippen LogP contribution in [0.1, 0.15) is 25.7 Å². The van der Waals surface area contributed by atoms with Crippen molar-refractivity contribution in [3.63, 3.8) is 0 Å². The summed E-state index contributed by atoms with van der Waals surface area (Å²) >= 11 is 0. The van der Waals surface area contributed by atoms with Gasteiger partial charge in [-0.05, 0) is 43.7 Å². The molecule has 16 heavy (non-hydrogen) atoms. The standard InChI is InChI=1S/C12H18N2O2/c15-8-9-3-5-10(6-4-9)12(16)14-11-2-1-7-13-11/h1-2,7,9-10,13,15H,3-6,8H2,(H,14,16). The molecule has 1 fully saturated rings. The number of carbonyl (C=O) groups is 1. The number of anilines is 1. The van der Waals surface area contributed by atoms with E-state index in [1.807, 2.05) is 12.1 Å². The van der Waals surface area contributed by atoms with E-state index in [-0.39, 0.29) is 18.4 Å². The lowest BCUT2D eigenvalue weighted by atomic mass is 9.82. The number of aliphatic hydroxyl groups excluding tert-OH is 1. The molecule has 0 spiro atoms. The number of aromatic amines is 1. The zero-order chi connectivity index (χ0) is 11.4. The van der Waals surface area contributed by atoms with Gasteiger partial charge in [0.1, 0.15) is 5.82 Å². The van der Waals surface area contributed by atoms with E-state index in [1.54, 1.807) is 6.20 Å². The molecule has 1 aliphatic carbocycles. The first-order valence-corrected chi connectivity index (χ1v) is 5.84. The minimum atomic E-state index is 0.0961. The van der Waals surface area contributed by atoms with Gasteiger partial charge in [0.2, 0.25) is 5.91 Å². The molecule has 0 radical (unpaired) electrons. The summed E-state index contributed by atoms with van der Waals surface area (Å²) in [6, 6.07) is 3.70. The fraction of sp³-hybridized carbons (Fsp3) is 0.583. The molecule has 4 heteroatoms. The quantitative estimate of drug-likeness (QED) is 0.729. The van der Waals surface area contributed by atoms with Crippen molar-refractivity contribution in [2.24, 2.45) is 11.8 Å². The van der Waals surface area contributed by atoms with Gasteiger partial charge in [-0.15, -0.1) is 0 Å². The molecular formula is C12H18N2O2. The van der Waals surface area contributed by atoms with Gasteiger partial charge in [-0.3, -0.25) is 4.79 Å². The summed E-state index contributed by atoms with van der Waals surface area (Å²) in [6.07, 6.45) is 5.48. The van der Waals surface area contributed by atoms with Gasteiger partial charge in [0.05, 0.1) is 0 Å². The third kappa shape index (κ3) is 2.64. The van der Waals surface area contributed by atoms with E-state index in [2.05, 4.69) is 10.3 Å². The lowest BCUT2D eigenvalue weighted by Crippen LogP contribution is -2.28. The number of hydrogen-bond acceptors (Lipinski definition) is 2. The van der Waals surface area contributed by atoms with Gasteiger partial charge in [0.15, 0.2) is 0 Å². The molecule has 1 aromatic heterocycles. The third-order valence-electron chi connectivity index (χ3n) is 3.33. The van der Waals surface area contributed by atoms with Crippen molar-refractivity contribution in [3.8, 4) is 0 Å². The van der Waals surface area contributed by atoms with Gasteiger partial charge in [-0.2, -0.15) is 0 Å². The maximum Gasteiger partial charge on any atom is 0.228 e. The van der Waals surface area contributed by atoms with Crippen molar-refractivity contribution in [1.82, 2.24) is 4.98 Å². The Morgan fingerprint density at radius 3 is 2.75 bits per heavy atom. The van der Waals surface area contributed by atoms with Crippen molar-refractivity contribution >= 4 is 11.7 Å². The van der Waals surface area contributed by atoms with Crippen molar-refractivity contribution in [2.75, 3.05) is 11.9 Å². The monoisotopic (exact) mass is 222 g/mol. The molecule has 4 nitrogen and oxygen atoms in total. The van der Waals surface area contributed by atoms with Crippen LogP contribution in [-0.2, 0) is 4.79 Å². The summed E-state index contributed by atoms with van der Waals surface area (Å²) in [5.74, 6) is 1.36. The molecule has 0 saturated heterocycles. The van der Waals surface area contributed by atoms with E-state index in [0.29, 0.717) is 5.92 Å². The Morgan fingerprint density at radius 2 is 2.19 bits per heavy atom. The van der Waals surface area contributed by atoms with Crippen molar-refractivity contribution < 1.29 is 9.90 Å². The normalized spacial score (nSPS) is 25.3. The van der Waals surface area contributed by atoms with Gasteiger partial charge < -0.3 is 15.4 Å². The van der Waals surface area contributed by atoms with E-state index in [1.165, 1.54) is 0 Å². The number of aromatic nitrogens is 1. The highest BCUT2D eigenvalue weighted by atomic mass is 16.3. The molecule has 0 aliphatic heterocycles. The fourth-order valence-corrected chi connectivity index (χ4v) is 2.25. The molecular weight excluding hydrogens is 204 g/mol. The highest BCUT2D eigenvalue weighted by molar-refractivity contribution is 5.91. The molecule has 1 aliphatic rings. The predicted octanol–water partition coefficient (Wildman–Crippen LogP) is 1.75. The lowest BCUT2D eigenvalue weighted by Gasteiger charge is -2.26. The second-order valence-corrected chi connectivity index (χ2v) is 4.47. The topological polar surface area (TPSA) is 65.1 Å². The van der Waals surface area contributed by atoms with Crippen LogP contribution >= 0.6 is 0 Å². The van der Waals surface area contributed by atoms with Gasteiger partial charge in [-0.25, -0.2) is 0 Å². The summed E-state index contributed by atoms with van der Waals surface area (Å²) in [7, 11) is 0. The number of H-pyrrole nitrogens is 1. The smallest absolute Gasteiger partial charge is 0.228 e. The summed E-state index contributed by atoms with van der Waals surface area (Å²) in [6.45, 7) is 0.255. The van der Waals surface area contributed by atoms with E-state index >= 15 is 0 Å². The molecule has 0 atom stereocenters. The molecule has 0 bridgehead atoms. The molecule has 0 aromatic carbocycles.